The molecule has 0 radical (unpaired) electrons. The topological polar surface area (TPSA) is 50.4 Å². The van der Waals surface area contributed by atoms with E-state index in [1.54, 1.807) is 30.3 Å². The zero-order valence-electron chi connectivity index (χ0n) is 12.0. The Labute approximate surface area is 128 Å². The van der Waals surface area contributed by atoms with E-state index in [-0.39, 0.29) is 18.4 Å². The summed E-state index contributed by atoms with van der Waals surface area (Å²) in [4.78, 5) is 11.7. The van der Waals surface area contributed by atoms with Crippen LogP contribution in [0.25, 0.3) is 0 Å². The lowest BCUT2D eigenvalue weighted by molar-refractivity contribution is 0.253. The first-order valence-corrected chi connectivity index (χ1v) is 6.61. The van der Waals surface area contributed by atoms with Crippen LogP contribution in [-0.2, 0) is 0 Å². The van der Waals surface area contributed by atoms with E-state index < -0.39 is 0 Å². The van der Waals surface area contributed by atoms with E-state index >= 15 is 0 Å². The highest BCUT2D eigenvalue weighted by atomic mass is 19.1. The molecule has 4 nitrogen and oxygen atoms in total. The van der Waals surface area contributed by atoms with Crippen molar-refractivity contribution in [2.75, 3.05) is 19.0 Å². The van der Waals surface area contributed by atoms with Crippen LogP contribution in [0.15, 0.2) is 48.5 Å². The highest BCUT2D eigenvalue weighted by Crippen LogP contribution is 2.22. The molecule has 2 rings (SSSR count). The van der Waals surface area contributed by atoms with Crippen molar-refractivity contribution in [3.8, 4) is 17.6 Å². The molecule has 2 aromatic rings. The Morgan fingerprint density at radius 1 is 1.18 bits per heavy atom. The van der Waals surface area contributed by atoms with Gasteiger partial charge >= 0.3 is 6.03 Å². The molecule has 0 fully saturated rings. The largest absolute Gasteiger partial charge is 0.495 e. The summed E-state index contributed by atoms with van der Waals surface area (Å²) in [5.41, 5.74) is 1.27. The van der Waals surface area contributed by atoms with Crippen LogP contribution in [0.1, 0.15) is 5.56 Å². The number of hydrogen-bond acceptors (Lipinski definition) is 2. The SMILES string of the molecule is COc1ccccc1NC(=O)NCC#Cc1ccc(F)cc1. The molecule has 2 amide bonds. The summed E-state index contributed by atoms with van der Waals surface area (Å²) in [5, 5.41) is 5.29. The second-order valence-electron chi connectivity index (χ2n) is 4.32. The Balaban J connectivity index is 1.85. The smallest absolute Gasteiger partial charge is 0.320 e. The number of rotatable bonds is 3. The van der Waals surface area contributed by atoms with Gasteiger partial charge in [-0.15, -0.1) is 0 Å². The number of amides is 2. The molecule has 22 heavy (non-hydrogen) atoms. The van der Waals surface area contributed by atoms with Gasteiger partial charge in [0.25, 0.3) is 0 Å². The maximum absolute atomic E-state index is 12.7. The Morgan fingerprint density at radius 2 is 1.91 bits per heavy atom. The van der Waals surface area contributed by atoms with Crippen molar-refractivity contribution in [3.05, 3.63) is 59.9 Å². The van der Waals surface area contributed by atoms with Crippen molar-refractivity contribution < 1.29 is 13.9 Å². The van der Waals surface area contributed by atoms with E-state index in [9.17, 15) is 9.18 Å². The highest BCUT2D eigenvalue weighted by molar-refractivity contribution is 5.91. The molecule has 0 aliphatic carbocycles. The molecule has 0 spiro atoms. The standard InChI is InChI=1S/C17H15FN2O2/c1-22-16-7-3-2-6-15(16)20-17(21)19-12-4-5-13-8-10-14(18)11-9-13/h2-3,6-11H,12H2,1H3,(H2,19,20,21). The number of methoxy groups -OCH3 is 1. The summed E-state index contributed by atoms with van der Waals surface area (Å²) in [6.45, 7) is 0.179. The fourth-order valence-electron chi connectivity index (χ4n) is 1.72. The monoisotopic (exact) mass is 298 g/mol. The van der Waals surface area contributed by atoms with E-state index in [1.807, 2.05) is 6.07 Å². The summed E-state index contributed by atoms with van der Waals surface area (Å²) in [6.07, 6.45) is 0. The minimum absolute atomic E-state index is 0.179. The lowest BCUT2D eigenvalue weighted by Crippen LogP contribution is -2.29. The first-order chi connectivity index (χ1) is 10.7. The van der Waals surface area contributed by atoms with Crippen molar-refractivity contribution in [2.45, 2.75) is 0 Å². The van der Waals surface area contributed by atoms with Crippen molar-refractivity contribution in [1.82, 2.24) is 5.32 Å². The predicted molar refractivity (Wildman–Crippen MR) is 83.3 cm³/mol. The van der Waals surface area contributed by atoms with Gasteiger partial charge in [0, 0.05) is 5.56 Å². The molecule has 0 atom stereocenters. The van der Waals surface area contributed by atoms with Crippen LogP contribution in [0.2, 0.25) is 0 Å². The van der Waals surface area contributed by atoms with E-state index in [1.165, 1.54) is 19.2 Å². The molecule has 0 bridgehead atoms. The normalized spacial score (nSPS) is 9.36. The summed E-state index contributed by atoms with van der Waals surface area (Å²) < 4.78 is 17.9. The van der Waals surface area contributed by atoms with Crippen molar-refractivity contribution in [1.29, 1.82) is 0 Å². The molecule has 0 aliphatic rings. The van der Waals surface area contributed by atoms with Crippen LogP contribution < -0.4 is 15.4 Å². The average molecular weight is 298 g/mol. The lowest BCUT2D eigenvalue weighted by atomic mass is 10.2. The maximum atomic E-state index is 12.7. The molecule has 2 N–H and O–H groups in total. The number of carbonyl (C=O) groups excluding carboxylic acids is 1. The Bertz CT molecular complexity index is 703. The predicted octanol–water partition coefficient (Wildman–Crippen LogP) is 3.01. The third-order valence-corrected chi connectivity index (χ3v) is 2.77. The molecule has 5 heteroatoms. The molecule has 0 saturated heterocycles. The van der Waals surface area contributed by atoms with Crippen LogP contribution in [0, 0.1) is 17.7 Å². The third-order valence-electron chi connectivity index (χ3n) is 2.77. The van der Waals surface area contributed by atoms with Gasteiger partial charge in [-0.3, -0.25) is 0 Å². The van der Waals surface area contributed by atoms with Crippen LogP contribution >= 0.6 is 0 Å². The van der Waals surface area contributed by atoms with Gasteiger partial charge in [-0.1, -0.05) is 24.0 Å². The maximum Gasteiger partial charge on any atom is 0.320 e. The summed E-state index contributed by atoms with van der Waals surface area (Å²) in [7, 11) is 1.53. The van der Waals surface area contributed by atoms with Crippen molar-refractivity contribution in [2.24, 2.45) is 0 Å². The van der Waals surface area contributed by atoms with Gasteiger partial charge in [0.2, 0.25) is 0 Å². The number of nitrogens with one attached hydrogen (secondary N) is 2. The second-order valence-corrected chi connectivity index (χ2v) is 4.32. The van der Waals surface area contributed by atoms with Gasteiger partial charge in [0.15, 0.2) is 0 Å². The van der Waals surface area contributed by atoms with Crippen LogP contribution in [-0.4, -0.2) is 19.7 Å². The minimum atomic E-state index is -0.377. The molecular formula is C17H15FN2O2. The fraction of sp³-hybridized carbons (Fsp3) is 0.118. The fourth-order valence-corrected chi connectivity index (χ4v) is 1.72. The van der Waals surface area contributed by atoms with Crippen molar-refractivity contribution in [3.63, 3.8) is 0 Å². The van der Waals surface area contributed by atoms with Gasteiger partial charge in [-0.05, 0) is 36.4 Å². The zero-order valence-corrected chi connectivity index (χ0v) is 12.0. The van der Waals surface area contributed by atoms with E-state index in [4.69, 9.17) is 4.74 Å². The van der Waals surface area contributed by atoms with E-state index in [0.29, 0.717) is 17.0 Å². The van der Waals surface area contributed by atoms with E-state index in [2.05, 4.69) is 22.5 Å². The number of anilines is 1. The van der Waals surface area contributed by atoms with Gasteiger partial charge in [0.05, 0.1) is 19.3 Å². The molecule has 112 valence electrons. The number of hydrogen-bond donors (Lipinski definition) is 2. The lowest BCUT2D eigenvalue weighted by Gasteiger charge is -2.09. The number of benzene rings is 2. The van der Waals surface area contributed by atoms with Gasteiger partial charge in [0.1, 0.15) is 11.6 Å². The summed E-state index contributed by atoms with van der Waals surface area (Å²) >= 11 is 0. The highest BCUT2D eigenvalue weighted by Gasteiger charge is 2.04. The Kier molecular flexibility index (Phi) is 5.38. The van der Waals surface area contributed by atoms with Crippen LogP contribution in [0.5, 0.6) is 5.75 Å². The van der Waals surface area contributed by atoms with Crippen LogP contribution in [0.3, 0.4) is 0 Å². The van der Waals surface area contributed by atoms with E-state index in [0.717, 1.165) is 0 Å². The minimum Gasteiger partial charge on any atom is -0.495 e. The van der Waals surface area contributed by atoms with Crippen LogP contribution in [0.4, 0.5) is 14.9 Å². The zero-order chi connectivity index (χ0) is 15.8. The molecule has 2 aromatic carbocycles. The summed E-state index contributed by atoms with van der Waals surface area (Å²) in [5.74, 6) is 5.89. The first kappa shape index (κ1) is 15.4. The third kappa shape index (κ3) is 4.53. The summed E-state index contributed by atoms with van der Waals surface area (Å²) in [6, 6.07) is 12.6. The molecule has 0 unspecified atom stereocenters. The Hall–Kier alpha value is -3.00. The average Bonchev–Trinajstić information content (AvgIpc) is 2.54. The molecular weight excluding hydrogens is 283 g/mol. The van der Waals surface area contributed by atoms with Gasteiger partial charge in [-0.25, -0.2) is 9.18 Å². The Morgan fingerprint density at radius 3 is 2.64 bits per heavy atom. The molecule has 0 heterocycles. The molecule has 0 aromatic heterocycles. The quantitative estimate of drug-likeness (QED) is 0.856. The number of carbonyl (C=O) groups is 1. The molecule has 0 saturated carbocycles. The number of ether oxygens (including phenoxy) is 1. The van der Waals surface area contributed by atoms with Gasteiger partial charge in [-0.2, -0.15) is 0 Å². The first-order valence-electron chi connectivity index (χ1n) is 6.61. The van der Waals surface area contributed by atoms with Gasteiger partial charge < -0.3 is 15.4 Å². The van der Waals surface area contributed by atoms with Crippen molar-refractivity contribution >= 4 is 11.7 Å². The second kappa shape index (κ2) is 7.70. The number of para-hydroxylation sites is 2. The number of urea groups is 1. The number of halogens is 1. The molecule has 0 aliphatic heterocycles.